The highest BCUT2D eigenvalue weighted by atomic mass is 127. The van der Waals surface area contributed by atoms with E-state index in [2.05, 4.69) is 50.5 Å². The summed E-state index contributed by atoms with van der Waals surface area (Å²) in [5.41, 5.74) is 2.35. The molecule has 3 rings (SSSR count). The van der Waals surface area contributed by atoms with Crippen LogP contribution >= 0.6 is 56.9 Å². The molecule has 3 amide bonds. The van der Waals surface area contributed by atoms with Crippen LogP contribution in [0.15, 0.2) is 41.3 Å². The summed E-state index contributed by atoms with van der Waals surface area (Å²) in [5.74, 6) is -0.244. The fraction of sp³-hybridized carbons (Fsp3) is 0.190. The fourth-order valence-corrected chi connectivity index (χ4v) is 5.70. The number of aryl methyl sites for hydroxylation is 1. The number of halogens is 2. The molecule has 0 saturated carbocycles. The van der Waals surface area contributed by atoms with Crippen LogP contribution < -0.4 is 10.1 Å². The maximum atomic E-state index is 12.8. The summed E-state index contributed by atoms with van der Waals surface area (Å²) >= 11 is 5.20. The topological polar surface area (TPSA) is 75.7 Å². The van der Waals surface area contributed by atoms with Crippen molar-refractivity contribution >= 4 is 85.8 Å². The quantitative estimate of drug-likeness (QED) is 0.341. The number of carbonyl (C=O) groups is 3. The van der Waals surface area contributed by atoms with Crippen molar-refractivity contribution < 1.29 is 19.1 Å². The van der Waals surface area contributed by atoms with Crippen molar-refractivity contribution in [1.82, 2.24) is 4.90 Å². The summed E-state index contributed by atoms with van der Waals surface area (Å²) in [6.45, 7) is 3.95. The number of hydrogen-bond donors (Lipinski definition) is 1. The molecule has 0 aromatic heterocycles. The minimum Gasteiger partial charge on any atom is -0.492 e. The van der Waals surface area contributed by atoms with Crippen LogP contribution in [0.3, 0.4) is 0 Å². The lowest BCUT2D eigenvalue weighted by Gasteiger charge is -2.13. The van der Waals surface area contributed by atoms with Crippen LogP contribution in [0.5, 0.6) is 5.75 Å². The number of benzene rings is 2. The molecule has 30 heavy (non-hydrogen) atoms. The molecule has 1 heterocycles. The molecule has 1 fully saturated rings. The first-order valence-corrected chi connectivity index (χ1v) is 12.0. The largest absolute Gasteiger partial charge is 0.492 e. The molecular weight excluding hydrogens is 630 g/mol. The predicted molar refractivity (Wildman–Crippen MR) is 136 cm³/mol. The van der Waals surface area contributed by atoms with E-state index < -0.39 is 17.1 Å². The van der Waals surface area contributed by atoms with E-state index in [-0.39, 0.29) is 11.4 Å². The number of nitrogens with one attached hydrogen (secondary N) is 1. The standard InChI is InChI=1S/C21H18I2N2O4S/c1-3-29-19-13(8-14(22)10-16(19)23)9-17-20(27)25(21(28)30-17)11-18(26)24-15-6-4-5-12(2)7-15/h4-10H,3,11H2,1-2H3,(H,24,26)/b17-9+. The van der Waals surface area contributed by atoms with Gasteiger partial charge in [-0.15, -0.1) is 0 Å². The van der Waals surface area contributed by atoms with E-state index in [4.69, 9.17) is 4.74 Å². The number of carbonyl (C=O) groups excluding carboxylic acids is 3. The summed E-state index contributed by atoms with van der Waals surface area (Å²) in [4.78, 5) is 38.8. The van der Waals surface area contributed by atoms with Crippen molar-refractivity contribution in [2.45, 2.75) is 13.8 Å². The molecule has 2 aromatic rings. The summed E-state index contributed by atoms with van der Waals surface area (Å²) in [6, 6.07) is 11.2. The summed E-state index contributed by atoms with van der Waals surface area (Å²) in [6.07, 6.45) is 1.65. The summed E-state index contributed by atoms with van der Waals surface area (Å²) < 4.78 is 7.63. The van der Waals surface area contributed by atoms with Crippen LogP contribution in [0.25, 0.3) is 6.08 Å². The van der Waals surface area contributed by atoms with Crippen molar-refractivity contribution in [3.63, 3.8) is 0 Å². The Morgan fingerprint density at radius 3 is 2.70 bits per heavy atom. The number of thioether (sulfide) groups is 1. The second-order valence-corrected chi connectivity index (χ2v) is 9.83. The lowest BCUT2D eigenvalue weighted by molar-refractivity contribution is -0.127. The molecule has 0 atom stereocenters. The highest BCUT2D eigenvalue weighted by Crippen LogP contribution is 2.36. The van der Waals surface area contributed by atoms with Crippen LogP contribution in [0.2, 0.25) is 0 Å². The van der Waals surface area contributed by atoms with Crippen molar-refractivity contribution in [1.29, 1.82) is 0 Å². The molecule has 1 saturated heterocycles. The number of amides is 3. The van der Waals surface area contributed by atoms with E-state index in [0.29, 0.717) is 18.0 Å². The lowest BCUT2D eigenvalue weighted by Crippen LogP contribution is -2.36. The Morgan fingerprint density at radius 1 is 1.23 bits per heavy atom. The second kappa shape index (κ2) is 10.1. The molecule has 9 heteroatoms. The van der Waals surface area contributed by atoms with Gasteiger partial charge in [-0.2, -0.15) is 0 Å². The summed E-state index contributed by atoms with van der Waals surface area (Å²) in [5, 5.41) is 2.25. The Kier molecular flexibility index (Phi) is 7.80. The van der Waals surface area contributed by atoms with Gasteiger partial charge in [0.2, 0.25) is 5.91 Å². The summed E-state index contributed by atoms with van der Waals surface area (Å²) in [7, 11) is 0. The van der Waals surface area contributed by atoms with Crippen LogP contribution in [0.1, 0.15) is 18.1 Å². The first-order valence-electron chi connectivity index (χ1n) is 9.02. The Morgan fingerprint density at radius 2 is 2.00 bits per heavy atom. The van der Waals surface area contributed by atoms with E-state index in [0.717, 1.165) is 34.9 Å². The molecule has 0 spiro atoms. The predicted octanol–water partition coefficient (Wildman–Crippen LogP) is 5.28. The van der Waals surface area contributed by atoms with E-state index in [9.17, 15) is 14.4 Å². The van der Waals surface area contributed by atoms with Gasteiger partial charge >= 0.3 is 0 Å². The second-order valence-electron chi connectivity index (χ2n) is 6.42. The maximum absolute atomic E-state index is 12.8. The zero-order valence-corrected chi connectivity index (χ0v) is 21.3. The van der Waals surface area contributed by atoms with Crippen LogP contribution in [0, 0.1) is 14.1 Å². The zero-order valence-electron chi connectivity index (χ0n) is 16.2. The molecule has 2 aromatic carbocycles. The lowest BCUT2D eigenvalue weighted by atomic mass is 10.2. The van der Waals surface area contributed by atoms with Gasteiger partial charge in [0, 0.05) is 14.8 Å². The minimum atomic E-state index is -0.485. The van der Waals surface area contributed by atoms with Gasteiger partial charge in [-0.3, -0.25) is 19.3 Å². The molecule has 6 nitrogen and oxygen atoms in total. The number of imide groups is 1. The van der Waals surface area contributed by atoms with Crippen LogP contribution in [-0.2, 0) is 9.59 Å². The van der Waals surface area contributed by atoms with E-state index in [1.165, 1.54) is 0 Å². The first-order chi connectivity index (χ1) is 14.3. The molecule has 0 radical (unpaired) electrons. The minimum absolute atomic E-state index is 0.266. The van der Waals surface area contributed by atoms with Crippen LogP contribution in [-0.4, -0.2) is 35.1 Å². The highest BCUT2D eigenvalue weighted by Gasteiger charge is 2.36. The molecular formula is C21H18I2N2O4S. The normalized spacial score (nSPS) is 15.1. The molecule has 1 aliphatic rings. The molecule has 1 aliphatic heterocycles. The van der Waals surface area contributed by atoms with E-state index in [1.807, 2.05) is 44.2 Å². The highest BCUT2D eigenvalue weighted by molar-refractivity contribution is 14.1. The third-order valence-corrected chi connectivity index (χ3v) is 6.42. The van der Waals surface area contributed by atoms with Crippen molar-refractivity contribution in [3.05, 3.63) is 59.6 Å². The van der Waals surface area contributed by atoms with Gasteiger partial charge in [-0.1, -0.05) is 12.1 Å². The number of anilines is 1. The van der Waals surface area contributed by atoms with Gasteiger partial charge in [0.25, 0.3) is 11.1 Å². The van der Waals surface area contributed by atoms with Crippen molar-refractivity contribution in [3.8, 4) is 5.75 Å². The Labute approximate surface area is 206 Å². The SMILES string of the molecule is CCOc1c(I)cc(I)cc1/C=C1/SC(=O)N(CC(=O)Nc2cccc(C)c2)C1=O. The first kappa shape index (κ1) is 23.1. The Balaban J connectivity index is 1.79. The third-order valence-electron chi connectivity index (χ3n) is 4.09. The van der Waals surface area contributed by atoms with Gasteiger partial charge in [0.05, 0.1) is 15.1 Å². The van der Waals surface area contributed by atoms with Gasteiger partial charge < -0.3 is 10.1 Å². The average molecular weight is 648 g/mol. The molecule has 0 unspecified atom stereocenters. The van der Waals surface area contributed by atoms with E-state index >= 15 is 0 Å². The molecule has 0 aliphatic carbocycles. The van der Waals surface area contributed by atoms with Gasteiger partial charge in [-0.05, 0) is 107 Å². The number of nitrogens with zero attached hydrogens (tertiary/aromatic N) is 1. The molecule has 0 bridgehead atoms. The van der Waals surface area contributed by atoms with Crippen molar-refractivity contribution in [2.75, 3.05) is 18.5 Å². The molecule has 1 N–H and O–H groups in total. The number of rotatable bonds is 6. The van der Waals surface area contributed by atoms with E-state index in [1.54, 1.807) is 12.1 Å². The Hall–Kier alpha value is -1.60. The average Bonchev–Trinajstić information content (AvgIpc) is 2.92. The molecule has 156 valence electrons. The monoisotopic (exact) mass is 648 g/mol. The van der Waals surface area contributed by atoms with Gasteiger partial charge in [0.1, 0.15) is 12.3 Å². The number of hydrogen-bond acceptors (Lipinski definition) is 5. The van der Waals surface area contributed by atoms with Crippen LogP contribution in [0.4, 0.5) is 10.5 Å². The number of ether oxygens (including phenoxy) is 1. The van der Waals surface area contributed by atoms with Gasteiger partial charge in [-0.25, -0.2) is 0 Å². The smallest absolute Gasteiger partial charge is 0.294 e. The zero-order chi connectivity index (χ0) is 21.8. The third kappa shape index (κ3) is 5.55. The van der Waals surface area contributed by atoms with Gasteiger partial charge in [0.15, 0.2) is 0 Å². The fourth-order valence-electron chi connectivity index (χ4n) is 2.83. The maximum Gasteiger partial charge on any atom is 0.294 e. The van der Waals surface area contributed by atoms with Crippen molar-refractivity contribution in [2.24, 2.45) is 0 Å². The Bertz CT molecular complexity index is 1060.